The highest BCUT2D eigenvalue weighted by Crippen LogP contribution is 2.44. The number of halogens is 1. The van der Waals surface area contributed by atoms with E-state index >= 15 is 0 Å². The number of nitrogens with one attached hydrogen (secondary N) is 1. The predicted octanol–water partition coefficient (Wildman–Crippen LogP) is 3.94. The Morgan fingerprint density at radius 3 is 3.00 bits per heavy atom. The van der Waals surface area contributed by atoms with Crippen LogP contribution >= 0.6 is 11.6 Å². The van der Waals surface area contributed by atoms with Gasteiger partial charge in [-0.15, -0.1) is 0 Å². The van der Waals surface area contributed by atoms with E-state index in [0.717, 1.165) is 41.7 Å². The number of hydrogen-bond donors (Lipinski definition) is 1. The van der Waals surface area contributed by atoms with E-state index in [9.17, 15) is 0 Å². The fraction of sp³-hybridized carbons (Fsp3) is 0.250. The van der Waals surface area contributed by atoms with Gasteiger partial charge in [-0.25, -0.2) is 0 Å². The van der Waals surface area contributed by atoms with Crippen molar-refractivity contribution in [2.24, 2.45) is 0 Å². The second-order valence-electron chi connectivity index (χ2n) is 5.16. The first-order chi connectivity index (χ1) is 9.83. The predicted molar refractivity (Wildman–Crippen MR) is 80.7 cm³/mol. The SMILES string of the molecule is Clc1ccc2c(c1)N1CCCNC1c1ccccc1O2. The second kappa shape index (κ2) is 4.69. The van der Waals surface area contributed by atoms with Crippen molar-refractivity contribution in [2.45, 2.75) is 12.6 Å². The lowest BCUT2D eigenvalue weighted by atomic mass is 10.1. The van der Waals surface area contributed by atoms with Gasteiger partial charge in [0.25, 0.3) is 0 Å². The average Bonchev–Trinajstić information content (AvgIpc) is 2.62. The summed E-state index contributed by atoms with van der Waals surface area (Å²) in [7, 11) is 0. The molecule has 1 N–H and O–H groups in total. The summed E-state index contributed by atoms with van der Waals surface area (Å²) in [6, 6.07) is 14.0. The number of fused-ring (bicyclic) bond motifs is 5. The minimum absolute atomic E-state index is 0.152. The summed E-state index contributed by atoms with van der Waals surface area (Å²) in [5.41, 5.74) is 2.24. The van der Waals surface area contributed by atoms with Gasteiger partial charge in [0, 0.05) is 17.1 Å². The van der Waals surface area contributed by atoms with E-state index in [-0.39, 0.29) is 6.17 Å². The van der Waals surface area contributed by atoms with Crippen LogP contribution in [0, 0.1) is 0 Å². The van der Waals surface area contributed by atoms with Crippen molar-refractivity contribution in [3.63, 3.8) is 0 Å². The molecule has 1 unspecified atom stereocenters. The maximum Gasteiger partial charge on any atom is 0.150 e. The first-order valence-electron chi connectivity index (χ1n) is 6.89. The van der Waals surface area contributed by atoms with Crippen LogP contribution in [0.4, 0.5) is 5.69 Å². The Balaban J connectivity index is 1.92. The number of ether oxygens (including phenoxy) is 1. The highest BCUT2D eigenvalue weighted by molar-refractivity contribution is 6.31. The molecule has 1 fully saturated rings. The highest BCUT2D eigenvalue weighted by Gasteiger charge is 2.31. The molecule has 4 rings (SSSR count). The van der Waals surface area contributed by atoms with Crippen molar-refractivity contribution >= 4 is 17.3 Å². The van der Waals surface area contributed by atoms with Gasteiger partial charge in [-0.1, -0.05) is 29.8 Å². The third-order valence-corrected chi connectivity index (χ3v) is 4.12. The van der Waals surface area contributed by atoms with Crippen molar-refractivity contribution in [3.05, 3.63) is 53.1 Å². The Hall–Kier alpha value is -1.71. The summed E-state index contributed by atoms with van der Waals surface area (Å²) in [5, 5.41) is 4.32. The summed E-state index contributed by atoms with van der Waals surface area (Å²) in [4.78, 5) is 2.34. The molecule has 0 spiro atoms. The number of anilines is 1. The molecule has 102 valence electrons. The Morgan fingerprint density at radius 1 is 1.15 bits per heavy atom. The van der Waals surface area contributed by atoms with Crippen molar-refractivity contribution in [2.75, 3.05) is 18.0 Å². The molecule has 1 saturated heterocycles. The van der Waals surface area contributed by atoms with Gasteiger partial charge < -0.3 is 9.64 Å². The normalized spacial score (nSPS) is 20.2. The number of hydrogen-bond acceptors (Lipinski definition) is 3. The second-order valence-corrected chi connectivity index (χ2v) is 5.59. The van der Waals surface area contributed by atoms with Crippen molar-refractivity contribution in [3.8, 4) is 11.5 Å². The van der Waals surface area contributed by atoms with Gasteiger partial charge in [-0.3, -0.25) is 5.32 Å². The van der Waals surface area contributed by atoms with Gasteiger partial charge in [0.1, 0.15) is 11.9 Å². The van der Waals surface area contributed by atoms with Gasteiger partial charge in [-0.2, -0.15) is 0 Å². The van der Waals surface area contributed by atoms with Gasteiger partial charge in [0.2, 0.25) is 0 Å². The zero-order valence-corrected chi connectivity index (χ0v) is 11.7. The van der Waals surface area contributed by atoms with Crippen LogP contribution in [0.2, 0.25) is 5.02 Å². The van der Waals surface area contributed by atoms with E-state index in [1.165, 1.54) is 5.56 Å². The minimum Gasteiger partial charge on any atom is -0.455 e. The number of para-hydroxylation sites is 1. The topological polar surface area (TPSA) is 24.5 Å². The zero-order valence-electron chi connectivity index (χ0n) is 11.0. The van der Waals surface area contributed by atoms with Crippen LogP contribution in [0.5, 0.6) is 11.5 Å². The molecule has 0 bridgehead atoms. The quantitative estimate of drug-likeness (QED) is 0.794. The standard InChI is InChI=1S/C16H15ClN2O/c17-11-6-7-15-13(10-11)19-9-3-8-18-16(19)12-4-1-2-5-14(12)20-15/h1-2,4-7,10,16,18H,3,8-9H2. The largest absolute Gasteiger partial charge is 0.455 e. The van der Waals surface area contributed by atoms with E-state index in [1.807, 2.05) is 30.3 Å². The molecule has 4 heteroatoms. The van der Waals surface area contributed by atoms with Crippen LogP contribution in [0.1, 0.15) is 18.2 Å². The lowest BCUT2D eigenvalue weighted by Crippen LogP contribution is -2.44. The molecule has 2 aliphatic heterocycles. The summed E-state index contributed by atoms with van der Waals surface area (Å²) >= 11 is 6.17. The summed E-state index contributed by atoms with van der Waals surface area (Å²) in [6.45, 7) is 2.02. The summed E-state index contributed by atoms with van der Waals surface area (Å²) < 4.78 is 6.11. The van der Waals surface area contributed by atoms with E-state index in [4.69, 9.17) is 16.3 Å². The molecule has 2 aliphatic rings. The van der Waals surface area contributed by atoms with E-state index in [0.29, 0.717) is 0 Å². The maximum absolute atomic E-state index is 6.17. The van der Waals surface area contributed by atoms with Crippen molar-refractivity contribution in [1.29, 1.82) is 0 Å². The minimum atomic E-state index is 0.152. The van der Waals surface area contributed by atoms with Crippen LogP contribution in [0.15, 0.2) is 42.5 Å². The Morgan fingerprint density at radius 2 is 2.05 bits per heavy atom. The highest BCUT2D eigenvalue weighted by atomic mass is 35.5. The van der Waals surface area contributed by atoms with Gasteiger partial charge in [0.15, 0.2) is 5.75 Å². The Labute approximate surface area is 123 Å². The smallest absolute Gasteiger partial charge is 0.150 e. The molecule has 0 amide bonds. The molecule has 20 heavy (non-hydrogen) atoms. The van der Waals surface area contributed by atoms with E-state index in [1.54, 1.807) is 0 Å². The molecular weight excluding hydrogens is 272 g/mol. The number of benzene rings is 2. The third-order valence-electron chi connectivity index (χ3n) is 3.89. The molecular formula is C16H15ClN2O. The molecule has 2 aromatic rings. The Bertz CT molecular complexity index is 659. The van der Waals surface area contributed by atoms with Crippen LogP contribution < -0.4 is 15.0 Å². The molecule has 3 nitrogen and oxygen atoms in total. The lowest BCUT2D eigenvalue weighted by molar-refractivity contribution is 0.435. The summed E-state index contributed by atoms with van der Waals surface area (Å²) in [6.07, 6.45) is 1.27. The maximum atomic E-state index is 6.17. The van der Waals surface area contributed by atoms with Crippen molar-refractivity contribution < 1.29 is 4.74 Å². The lowest BCUT2D eigenvalue weighted by Gasteiger charge is -2.37. The van der Waals surface area contributed by atoms with Crippen LogP contribution in [-0.2, 0) is 0 Å². The molecule has 0 saturated carbocycles. The molecule has 0 aliphatic carbocycles. The molecule has 0 radical (unpaired) electrons. The molecule has 0 aromatic heterocycles. The zero-order chi connectivity index (χ0) is 13.5. The van der Waals surface area contributed by atoms with Crippen LogP contribution in [0.25, 0.3) is 0 Å². The molecule has 2 heterocycles. The van der Waals surface area contributed by atoms with E-state index < -0.39 is 0 Å². The van der Waals surface area contributed by atoms with Crippen LogP contribution in [-0.4, -0.2) is 13.1 Å². The average molecular weight is 287 g/mol. The fourth-order valence-electron chi connectivity index (χ4n) is 2.98. The third kappa shape index (κ3) is 1.86. The Kier molecular flexibility index (Phi) is 2.83. The van der Waals surface area contributed by atoms with E-state index in [2.05, 4.69) is 22.3 Å². The molecule has 1 atom stereocenters. The van der Waals surface area contributed by atoms with Crippen molar-refractivity contribution in [1.82, 2.24) is 5.32 Å². The van der Waals surface area contributed by atoms with Gasteiger partial charge in [0.05, 0.1) is 5.69 Å². The number of nitrogens with zero attached hydrogens (tertiary/aromatic N) is 1. The summed E-state index contributed by atoms with van der Waals surface area (Å²) in [5.74, 6) is 1.78. The van der Waals surface area contributed by atoms with Gasteiger partial charge in [-0.05, 0) is 37.2 Å². The monoisotopic (exact) mass is 286 g/mol. The van der Waals surface area contributed by atoms with Gasteiger partial charge >= 0.3 is 0 Å². The first-order valence-corrected chi connectivity index (χ1v) is 7.27. The molecule has 2 aromatic carbocycles. The van der Waals surface area contributed by atoms with Crippen LogP contribution in [0.3, 0.4) is 0 Å². The first kappa shape index (κ1) is 12.1. The fourth-order valence-corrected chi connectivity index (χ4v) is 3.15. The number of rotatable bonds is 0.